The number of nitrogens with zero attached hydrogens (tertiary/aromatic N) is 2. The number of alkyl halides is 2. The van der Waals surface area contributed by atoms with Crippen LogP contribution in [0.1, 0.15) is 11.3 Å². The summed E-state index contributed by atoms with van der Waals surface area (Å²) in [7, 11) is 0. The maximum Gasteiger partial charge on any atom is 0.323 e. The molecule has 3 aromatic rings. The van der Waals surface area contributed by atoms with Gasteiger partial charge in [-0.05, 0) is 48.5 Å². The fourth-order valence-corrected chi connectivity index (χ4v) is 3.09. The Hall–Kier alpha value is -3.21. The van der Waals surface area contributed by atoms with Gasteiger partial charge in [-0.1, -0.05) is 11.6 Å². The lowest BCUT2D eigenvalue weighted by Gasteiger charge is -2.37. The molecule has 0 saturated carbocycles. The molecular formula is C21H17ClF4N4O2. The summed E-state index contributed by atoms with van der Waals surface area (Å²) in [6.07, 6.45) is 1.47. The minimum absolute atomic E-state index is 0.114. The lowest BCUT2D eigenvalue weighted by molar-refractivity contribution is -0.203. The van der Waals surface area contributed by atoms with Gasteiger partial charge in [0.2, 0.25) is 0 Å². The molecule has 1 aromatic heterocycles. The van der Waals surface area contributed by atoms with E-state index in [2.05, 4.69) is 4.98 Å². The maximum absolute atomic E-state index is 15.5. The first-order valence-electron chi connectivity index (χ1n) is 9.04. The van der Waals surface area contributed by atoms with Crippen LogP contribution in [-0.4, -0.2) is 28.0 Å². The van der Waals surface area contributed by atoms with E-state index in [1.807, 2.05) is 0 Å². The number of hydrogen-bond donors (Lipinski definition) is 3. The number of hydrogen-bond acceptors (Lipinski definition) is 5. The fourth-order valence-electron chi connectivity index (χ4n) is 2.97. The van der Waals surface area contributed by atoms with Crippen molar-refractivity contribution < 1.29 is 27.4 Å². The highest BCUT2D eigenvalue weighted by molar-refractivity contribution is 6.30. The molecule has 1 heterocycles. The highest BCUT2D eigenvalue weighted by Gasteiger charge is 2.58. The van der Waals surface area contributed by atoms with Gasteiger partial charge in [0.25, 0.3) is 0 Å². The molecule has 0 aliphatic rings. The maximum atomic E-state index is 15.5. The van der Waals surface area contributed by atoms with Gasteiger partial charge in [0.15, 0.2) is 5.60 Å². The number of halogens is 5. The summed E-state index contributed by atoms with van der Waals surface area (Å²) < 4.78 is 64.2. The normalized spacial score (nSPS) is 13.3. The first-order chi connectivity index (χ1) is 15.1. The molecule has 0 fully saturated rings. The molecule has 168 valence electrons. The van der Waals surface area contributed by atoms with E-state index in [4.69, 9.17) is 27.6 Å². The number of aliphatic hydroxyl groups is 1. The quantitative estimate of drug-likeness (QED) is 0.148. The third-order valence-electron chi connectivity index (χ3n) is 4.58. The molecule has 6 nitrogen and oxygen atoms in total. The van der Waals surface area contributed by atoms with Gasteiger partial charge >= 0.3 is 5.92 Å². The molecule has 1 unspecified atom stereocenters. The molecule has 1 atom stereocenters. The number of nitrogens with two attached hydrogens (primary N) is 1. The Morgan fingerprint density at radius 3 is 2.31 bits per heavy atom. The van der Waals surface area contributed by atoms with Crippen molar-refractivity contribution in [1.82, 2.24) is 9.99 Å². The summed E-state index contributed by atoms with van der Waals surface area (Å²) in [4.78, 5) is 3.66. The predicted molar refractivity (Wildman–Crippen MR) is 110 cm³/mol. The molecule has 11 heteroatoms. The highest BCUT2D eigenvalue weighted by atomic mass is 35.5. The molecule has 0 bridgehead atoms. The van der Waals surface area contributed by atoms with E-state index in [1.165, 1.54) is 6.07 Å². The molecule has 0 aliphatic carbocycles. The van der Waals surface area contributed by atoms with Gasteiger partial charge in [0.05, 0.1) is 19.1 Å². The number of aromatic nitrogens is 1. The van der Waals surface area contributed by atoms with Crippen molar-refractivity contribution in [1.29, 1.82) is 5.41 Å². The second-order valence-corrected chi connectivity index (χ2v) is 7.23. The van der Waals surface area contributed by atoms with Crippen molar-refractivity contribution in [2.75, 3.05) is 6.54 Å². The molecule has 3 rings (SSSR count). The van der Waals surface area contributed by atoms with E-state index in [0.29, 0.717) is 34.3 Å². The van der Waals surface area contributed by atoms with Gasteiger partial charge < -0.3 is 9.84 Å². The lowest BCUT2D eigenvalue weighted by atomic mass is 9.84. The number of hydrazine groups is 1. The van der Waals surface area contributed by atoms with Crippen molar-refractivity contribution in [2.45, 2.75) is 11.5 Å². The SMILES string of the molecule is N=CN(N)CC(O)(c1ccc(F)cc1F)C(F)(F)c1ccc(Oc2ccc(Cl)cc2)cn1. The summed E-state index contributed by atoms with van der Waals surface area (Å²) in [5, 5.41) is 19.0. The molecule has 0 aliphatic heterocycles. The van der Waals surface area contributed by atoms with E-state index < -0.39 is 41.0 Å². The first kappa shape index (κ1) is 23.5. The highest BCUT2D eigenvalue weighted by Crippen LogP contribution is 2.46. The standard InChI is InChI=1S/C21H17ClF4N4O2/c22-13-1-4-15(5-2-13)32-16-6-8-19(29-10-16)21(25,26)20(31,11-30(28)12-27)17-7-3-14(23)9-18(17)24/h1-10,12,27,31H,11,28H2. The van der Waals surface area contributed by atoms with E-state index in [0.717, 1.165) is 18.3 Å². The van der Waals surface area contributed by atoms with Crippen LogP contribution in [0.3, 0.4) is 0 Å². The number of pyridine rings is 1. The van der Waals surface area contributed by atoms with Crippen molar-refractivity contribution in [3.05, 3.63) is 88.7 Å². The number of benzene rings is 2. The smallest absolute Gasteiger partial charge is 0.323 e. The number of ether oxygens (including phenoxy) is 1. The summed E-state index contributed by atoms with van der Waals surface area (Å²) in [5.41, 5.74) is -5.13. The molecule has 32 heavy (non-hydrogen) atoms. The third kappa shape index (κ3) is 4.67. The van der Waals surface area contributed by atoms with Crippen LogP contribution in [0.15, 0.2) is 60.8 Å². The molecule has 0 saturated heterocycles. The van der Waals surface area contributed by atoms with Crippen LogP contribution in [0.4, 0.5) is 17.6 Å². The number of rotatable bonds is 8. The second kappa shape index (κ2) is 9.11. The topological polar surface area (TPSA) is 95.5 Å². The van der Waals surface area contributed by atoms with E-state index in [1.54, 1.807) is 24.3 Å². The largest absolute Gasteiger partial charge is 0.456 e. The minimum Gasteiger partial charge on any atom is -0.456 e. The van der Waals surface area contributed by atoms with Gasteiger partial charge in [-0.3, -0.25) is 15.4 Å². The van der Waals surface area contributed by atoms with Crippen molar-refractivity contribution in [3.8, 4) is 11.5 Å². The molecule has 0 amide bonds. The Morgan fingerprint density at radius 1 is 1.09 bits per heavy atom. The lowest BCUT2D eigenvalue weighted by Crippen LogP contribution is -2.53. The van der Waals surface area contributed by atoms with Crippen LogP contribution in [-0.2, 0) is 11.5 Å². The zero-order valence-corrected chi connectivity index (χ0v) is 17.0. The van der Waals surface area contributed by atoms with Crippen LogP contribution < -0.4 is 10.6 Å². The Bertz CT molecular complexity index is 1100. The van der Waals surface area contributed by atoms with Crippen LogP contribution in [0.2, 0.25) is 5.02 Å². The van der Waals surface area contributed by atoms with Gasteiger partial charge in [0, 0.05) is 16.7 Å². The fraction of sp³-hybridized carbons (Fsp3) is 0.143. The summed E-state index contributed by atoms with van der Waals surface area (Å²) >= 11 is 5.80. The summed E-state index contributed by atoms with van der Waals surface area (Å²) in [6.45, 7) is -1.09. The Balaban J connectivity index is 1.98. The van der Waals surface area contributed by atoms with Crippen molar-refractivity contribution >= 4 is 17.9 Å². The van der Waals surface area contributed by atoms with E-state index in [9.17, 15) is 13.9 Å². The average molecular weight is 469 g/mol. The minimum atomic E-state index is -4.20. The van der Waals surface area contributed by atoms with Gasteiger partial charge in [-0.25, -0.2) is 14.6 Å². The van der Waals surface area contributed by atoms with Crippen molar-refractivity contribution in [3.63, 3.8) is 0 Å². The second-order valence-electron chi connectivity index (χ2n) is 6.80. The van der Waals surface area contributed by atoms with Gasteiger partial charge in [-0.15, -0.1) is 0 Å². The van der Waals surface area contributed by atoms with Crippen LogP contribution in [0, 0.1) is 17.0 Å². The number of nitrogens with one attached hydrogen (secondary N) is 1. The molecular weight excluding hydrogens is 452 g/mol. The molecule has 4 N–H and O–H groups in total. The van der Waals surface area contributed by atoms with E-state index >= 15 is 8.78 Å². The molecule has 2 aromatic carbocycles. The van der Waals surface area contributed by atoms with Gasteiger partial charge in [0.1, 0.15) is 28.8 Å². The monoisotopic (exact) mass is 468 g/mol. The van der Waals surface area contributed by atoms with Crippen LogP contribution in [0.5, 0.6) is 11.5 Å². The Morgan fingerprint density at radius 2 is 1.75 bits per heavy atom. The molecule has 0 radical (unpaired) electrons. The summed E-state index contributed by atoms with van der Waals surface area (Å²) in [5.74, 6) is -0.714. The zero-order chi connectivity index (χ0) is 23.5. The van der Waals surface area contributed by atoms with Crippen molar-refractivity contribution in [2.24, 2.45) is 5.84 Å². The van der Waals surface area contributed by atoms with Crippen LogP contribution >= 0.6 is 11.6 Å². The predicted octanol–water partition coefficient (Wildman–Crippen LogP) is 4.57. The molecule has 0 spiro atoms. The Kier molecular flexibility index (Phi) is 6.68. The zero-order valence-electron chi connectivity index (χ0n) is 16.3. The summed E-state index contributed by atoms with van der Waals surface area (Å²) in [6, 6.07) is 10.1. The van der Waals surface area contributed by atoms with Gasteiger partial charge in [-0.2, -0.15) is 8.78 Å². The third-order valence-corrected chi connectivity index (χ3v) is 4.83. The van der Waals surface area contributed by atoms with E-state index in [-0.39, 0.29) is 5.75 Å². The van der Waals surface area contributed by atoms with Crippen LogP contribution in [0.25, 0.3) is 0 Å². The Labute approximate surface area is 185 Å². The average Bonchev–Trinajstić information content (AvgIpc) is 2.75. The first-order valence-corrected chi connectivity index (χ1v) is 9.42.